The molecular weight excluding hydrogens is 239 g/mol. The molecule has 1 aliphatic rings. The maximum absolute atomic E-state index is 3.32. The lowest BCUT2D eigenvalue weighted by Crippen LogP contribution is -2.35. The van der Waals surface area contributed by atoms with Gasteiger partial charge in [-0.05, 0) is 32.7 Å². The summed E-state index contributed by atoms with van der Waals surface area (Å²) in [5.74, 6) is 0. The highest BCUT2D eigenvalue weighted by atomic mass is 127. The Labute approximate surface area is 76.6 Å². The lowest BCUT2D eigenvalue weighted by Gasteiger charge is -2.26. The highest BCUT2D eigenvalue weighted by Gasteiger charge is 2.18. The molecule has 0 aromatic heterocycles. The van der Waals surface area contributed by atoms with Crippen molar-refractivity contribution in [2.75, 3.05) is 7.05 Å². The second-order valence-electron chi connectivity index (χ2n) is 2.95. The van der Waals surface area contributed by atoms with Gasteiger partial charge in [-0.15, -0.1) is 0 Å². The van der Waals surface area contributed by atoms with Crippen LogP contribution < -0.4 is 8.85 Å². The molecular formula is C7H15IN2. The average Bonchev–Trinajstić information content (AvgIpc) is 2.05. The maximum Gasteiger partial charge on any atom is 0.0172 e. The van der Waals surface area contributed by atoms with Gasteiger partial charge >= 0.3 is 0 Å². The van der Waals surface area contributed by atoms with Crippen molar-refractivity contribution in [3.05, 3.63) is 0 Å². The summed E-state index contributed by atoms with van der Waals surface area (Å²) < 4.78 is 3.29. The summed E-state index contributed by atoms with van der Waals surface area (Å²) in [6.45, 7) is 0. The van der Waals surface area contributed by atoms with Crippen molar-refractivity contribution in [2.24, 2.45) is 0 Å². The molecule has 0 bridgehead atoms. The summed E-state index contributed by atoms with van der Waals surface area (Å²) in [4.78, 5) is 0. The minimum absolute atomic E-state index is 0.769. The molecule has 10 heavy (non-hydrogen) atoms. The first kappa shape index (κ1) is 8.74. The van der Waals surface area contributed by atoms with Gasteiger partial charge in [0.05, 0.1) is 0 Å². The lowest BCUT2D eigenvalue weighted by atomic mass is 9.92. The highest BCUT2D eigenvalue weighted by Crippen LogP contribution is 2.18. The van der Waals surface area contributed by atoms with Crippen LogP contribution in [0.1, 0.15) is 25.7 Å². The van der Waals surface area contributed by atoms with Crippen LogP contribution in [0.2, 0.25) is 0 Å². The topological polar surface area (TPSA) is 24.1 Å². The first-order valence-corrected chi connectivity index (χ1v) is 4.98. The van der Waals surface area contributed by atoms with Crippen molar-refractivity contribution < 1.29 is 0 Å². The molecule has 0 aliphatic heterocycles. The Morgan fingerprint density at radius 3 is 2.00 bits per heavy atom. The van der Waals surface area contributed by atoms with Gasteiger partial charge in [-0.3, -0.25) is 3.53 Å². The fourth-order valence-electron chi connectivity index (χ4n) is 1.49. The predicted molar refractivity (Wildman–Crippen MR) is 52.3 cm³/mol. The number of halogens is 1. The molecule has 1 saturated carbocycles. The van der Waals surface area contributed by atoms with Crippen LogP contribution in [0.3, 0.4) is 0 Å². The molecule has 0 aromatic rings. The van der Waals surface area contributed by atoms with Crippen LogP contribution in [0, 0.1) is 0 Å². The van der Waals surface area contributed by atoms with Crippen molar-refractivity contribution in [3.63, 3.8) is 0 Å². The van der Waals surface area contributed by atoms with Gasteiger partial charge in [0.25, 0.3) is 0 Å². The maximum atomic E-state index is 3.32. The molecule has 0 atom stereocenters. The fraction of sp³-hybridized carbons (Fsp3) is 1.00. The minimum atomic E-state index is 0.769. The molecule has 0 aromatic carbocycles. The Morgan fingerprint density at radius 2 is 1.60 bits per heavy atom. The number of hydrogen-bond donors (Lipinski definition) is 2. The largest absolute Gasteiger partial charge is 0.317 e. The Hall–Kier alpha value is 0.650. The van der Waals surface area contributed by atoms with E-state index in [-0.39, 0.29) is 0 Å². The second kappa shape index (κ2) is 4.51. The van der Waals surface area contributed by atoms with Gasteiger partial charge in [-0.25, -0.2) is 0 Å². The molecule has 2 nitrogen and oxygen atoms in total. The normalized spacial score (nSPS) is 34.2. The zero-order valence-corrected chi connectivity index (χ0v) is 8.52. The Balaban J connectivity index is 2.17. The first-order chi connectivity index (χ1) is 4.86. The third-order valence-corrected chi connectivity index (χ3v) is 3.17. The third kappa shape index (κ3) is 2.36. The summed E-state index contributed by atoms with van der Waals surface area (Å²) >= 11 is 2.26. The quantitative estimate of drug-likeness (QED) is 0.575. The molecule has 1 fully saturated rings. The molecule has 3 heteroatoms. The third-order valence-electron chi connectivity index (χ3n) is 2.29. The van der Waals surface area contributed by atoms with E-state index in [1.54, 1.807) is 0 Å². The summed E-state index contributed by atoms with van der Waals surface area (Å²) in [6, 6.07) is 1.55. The average molecular weight is 254 g/mol. The molecule has 1 rings (SSSR count). The van der Waals surface area contributed by atoms with Crippen molar-refractivity contribution in [3.8, 4) is 0 Å². The molecule has 0 heterocycles. The van der Waals surface area contributed by atoms with Gasteiger partial charge in [-0.2, -0.15) is 0 Å². The van der Waals surface area contributed by atoms with Crippen LogP contribution in [0.4, 0.5) is 0 Å². The van der Waals surface area contributed by atoms with Crippen LogP contribution in [0.25, 0.3) is 0 Å². The van der Waals surface area contributed by atoms with Crippen molar-refractivity contribution in [1.29, 1.82) is 0 Å². The molecule has 2 N–H and O–H groups in total. The number of rotatable bonds is 2. The van der Waals surface area contributed by atoms with E-state index >= 15 is 0 Å². The molecule has 0 spiro atoms. The molecule has 0 saturated heterocycles. The van der Waals surface area contributed by atoms with Gasteiger partial charge in [0, 0.05) is 34.9 Å². The number of nitrogens with one attached hydrogen (secondary N) is 2. The van der Waals surface area contributed by atoms with Crippen molar-refractivity contribution >= 4 is 22.9 Å². The van der Waals surface area contributed by atoms with Gasteiger partial charge in [0.1, 0.15) is 0 Å². The van der Waals surface area contributed by atoms with Crippen LogP contribution in [-0.4, -0.2) is 19.1 Å². The molecule has 0 amide bonds. The van der Waals surface area contributed by atoms with Gasteiger partial charge in [0.2, 0.25) is 0 Å². The van der Waals surface area contributed by atoms with Gasteiger partial charge in [-0.1, -0.05) is 0 Å². The Morgan fingerprint density at radius 1 is 1.10 bits per heavy atom. The first-order valence-electron chi connectivity index (χ1n) is 3.90. The number of hydrogen-bond acceptors (Lipinski definition) is 2. The van der Waals surface area contributed by atoms with E-state index in [4.69, 9.17) is 0 Å². The van der Waals surface area contributed by atoms with Crippen molar-refractivity contribution in [1.82, 2.24) is 8.85 Å². The van der Waals surface area contributed by atoms with E-state index in [1.165, 1.54) is 25.7 Å². The summed E-state index contributed by atoms with van der Waals surface area (Å²) in [7, 11) is 2.06. The van der Waals surface area contributed by atoms with Crippen molar-refractivity contribution in [2.45, 2.75) is 37.8 Å². The Bertz CT molecular complexity index is 77.6. The smallest absolute Gasteiger partial charge is 0.0172 e. The second-order valence-corrected chi connectivity index (χ2v) is 3.57. The summed E-state index contributed by atoms with van der Waals surface area (Å²) in [5, 5.41) is 3.32. The summed E-state index contributed by atoms with van der Waals surface area (Å²) in [5.41, 5.74) is 0. The van der Waals surface area contributed by atoms with E-state index in [2.05, 4.69) is 38.8 Å². The monoisotopic (exact) mass is 254 g/mol. The SMILES string of the molecule is CN[C@H]1CC[C@H](NI)CC1. The van der Waals surface area contributed by atoms with E-state index in [1.807, 2.05) is 0 Å². The molecule has 1 aliphatic carbocycles. The van der Waals surface area contributed by atoms with Gasteiger partial charge in [0.15, 0.2) is 0 Å². The van der Waals surface area contributed by atoms with E-state index in [9.17, 15) is 0 Å². The zero-order valence-electron chi connectivity index (χ0n) is 6.36. The van der Waals surface area contributed by atoms with Crippen LogP contribution in [0.5, 0.6) is 0 Å². The Kier molecular flexibility index (Phi) is 3.95. The van der Waals surface area contributed by atoms with Crippen LogP contribution >= 0.6 is 22.9 Å². The van der Waals surface area contributed by atoms with Gasteiger partial charge < -0.3 is 5.32 Å². The van der Waals surface area contributed by atoms with E-state index < -0.39 is 0 Å². The highest BCUT2D eigenvalue weighted by molar-refractivity contribution is 14.1. The predicted octanol–water partition coefficient (Wildman–Crippen LogP) is 1.46. The zero-order chi connectivity index (χ0) is 7.40. The van der Waals surface area contributed by atoms with E-state index in [0.717, 1.165) is 12.1 Å². The molecule has 0 unspecified atom stereocenters. The fourth-order valence-corrected chi connectivity index (χ4v) is 2.11. The molecule has 60 valence electrons. The van der Waals surface area contributed by atoms with Crippen LogP contribution in [-0.2, 0) is 0 Å². The lowest BCUT2D eigenvalue weighted by molar-refractivity contribution is 0.351. The summed E-state index contributed by atoms with van der Waals surface area (Å²) in [6.07, 6.45) is 5.32. The van der Waals surface area contributed by atoms with E-state index in [0.29, 0.717) is 0 Å². The minimum Gasteiger partial charge on any atom is -0.317 e. The molecule has 0 radical (unpaired) electrons. The standard InChI is InChI=1S/C7H15IN2/c1-9-6-2-4-7(10-8)5-3-6/h6-7,9-10H,2-5H2,1H3/t6-,7-. The van der Waals surface area contributed by atoms with Crippen LogP contribution in [0.15, 0.2) is 0 Å².